The highest BCUT2D eigenvalue weighted by Gasteiger charge is 2.32. The van der Waals surface area contributed by atoms with E-state index in [4.69, 9.17) is 5.11 Å². The van der Waals surface area contributed by atoms with E-state index in [1.54, 1.807) is 18.0 Å². The minimum atomic E-state index is -1.01. The highest BCUT2D eigenvalue weighted by Crippen LogP contribution is 2.23. The van der Waals surface area contributed by atoms with Gasteiger partial charge in [-0.25, -0.2) is 0 Å². The summed E-state index contributed by atoms with van der Waals surface area (Å²) in [5, 5.41) is 18.9. The lowest BCUT2D eigenvalue weighted by molar-refractivity contribution is -0.138. The monoisotopic (exact) mass is 365 g/mol. The number of nitrogens with zero attached hydrogens (tertiary/aromatic N) is 2. The number of carbonyl (C=O) groups excluding carboxylic acids is 1. The fourth-order valence-corrected chi connectivity index (χ4v) is 3.68. The topological polar surface area (TPSA) is 91.1 Å². The van der Waals surface area contributed by atoms with Crippen LogP contribution >= 0.6 is 23.5 Å². The van der Waals surface area contributed by atoms with Crippen LogP contribution in [0.4, 0.5) is 0 Å². The van der Waals surface area contributed by atoms with Crippen LogP contribution in [0.5, 0.6) is 0 Å². The van der Waals surface area contributed by atoms with Crippen molar-refractivity contribution in [3.05, 3.63) is 29.8 Å². The van der Waals surface area contributed by atoms with E-state index < -0.39 is 11.2 Å². The van der Waals surface area contributed by atoms with E-state index in [2.05, 4.69) is 35.4 Å². The molecule has 1 aliphatic rings. The highest BCUT2D eigenvalue weighted by molar-refractivity contribution is 8.15. The van der Waals surface area contributed by atoms with Gasteiger partial charge in [-0.15, -0.1) is 16.9 Å². The number of hydrogen-bond donors (Lipinski definition) is 2. The summed E-state index contributed by atoms with van der Waals surface area (Å²) in [6.45, 7) is 4.36. The number of carboxylic acid groups (broad SMARTS) is 1. The van der Waals surface area contributed by atoms with E-state index in [9.17, 15) is 9.59 Å². The van der Waals surface area contributed by atoms with Gasteiger partial charge < -0.3 is 10.4 Å². The van der Waals surface area contributed by atoms with Gasteiger partial charge in [0.1, 0.15) is 5.25 Å². The lowest BCUT2D eigenvalue weighted by Crippen LogP contribution is -2.26. The number of amides is 1. The first-order valence-corrected chi connectivity index (χ1v) is 9.34. The maximum atomic E-state index is 11.6. The fourth-order valence-electron chi connectivity index (χ4n) is 1.84. The number of nitrogens with one attached hydrogen (secondary N) is 1. The summed E-state index contributed by atoms with van der Waals surface area (Å²) in [5.74, 6) is 0.323. The number of benzene rings is 1. The molecule has 8 heteroatoms. The number of amidine groups is 1. The number of rotatable bonds is 7. The molecule has 128 valence electrons. The van der Waals surface area contributed by atoms with Crippen LogP contribution in [-0.2, 0) is 9.59 Å². The van der Waals surface area contributed by atoms with Crippen LogP contribution in [-0.4, -0.2) is 39.4 Å². The van der Waals surface area contributed by atoms with Crippen LogP contribution in [0.1, 0.15) is 25.8 Å². The van der Waals surface area contributed by atoms with E-state index >= 15 is 0 Å². The zero-order valence-corrected chi connectivity index (χ0v) is 15.1. The van der Waals surface area contributed by atoms with Crippen molar-refractivity contribution >= 4 is 46.8 Å². The third-order valence-electron chi connectivity index (χ3n) is 2.93. The first-order valence-electron chi connectivity index (χ1n) is 7.47. The van der Waals surface area contributed by atoms with Crippen molar-refractivity contribution in [2.45, 2.75) is 30.4 Å². The summed E-state index contributed by atoms with van der Waals surface area (Å²) in [6, 6.07) is 7.98. The molecule has 2 N–H and O–H groups in total. The van der Waals surface area contributed by atoms with Crippen molar-refractivity contribution in [2.75, 3.05) is 5.75 Å². The van der Waals surface area contributed by atoms with E-state index in [1.165, 1.54) is 4.90 Å². The van der Waals surface area contributed by atoms with Gasteiger partial charge in [0.25, 0.3) is 0 Å². The number of hydrogen-bond acceptors (Lipinski definition) is 6. The summed E-state index contributed by atoms with van der Waals surface area (Å²) in [7, 11) is 0. The van der Waals surface area contributed by atoms with E-state index in [0.29, 0.717) is 11.1 Å². The lowest BCUT2D eigenvalue weighted by atomic mass is 10.2. The van der Waals surface area contributed by atoms with Crippen molar-refractivity contribution in [3.63, 3.8) is 0 Å². The third kappa shape index (κ3) is 6.01. The molecule has 0 aliphatic carbocycles. The van der Waals surface area contributed by atoms with Gasteiger partial charge in [-0.05, 0) is 23.6 Å². The second-order valence-corrected chi connectivity index (χ2v) is 7.91. The summed E-state index contributed by atoms with van der Waals surface area (Å²) in [4.78, 5) is 23.4. The molecule has 1 aliphatic heterocycles. The predicted molar refractivity (Wildman–Crippen MR) is 98.8 cm³/mol. The Balaban J connectivity index is 1.95. The van der Waals surface area contributed by atoms with Gasteiger partial charge in [0.15, 0.2) is 5.17 Å². The SMILES string of the molecule is CC(C)CSc1cccc(C=NN=C2NC(=O)C(CC(=O)O)S2)c1. The van der Waals surface area contributed by atoms with Gasteiger partial charge in [-0.1, -0.05) is 37.7 Å². The molecule has 0 saturated carbocycles. The van der Waals surface area contributed by atoms with Crippen LogP contribution in [0.15, 0.2) is 39.4 Å². The first kappa shape index (κ1) is 18.5. The highest BCUT2D eigenvalue weighted by atomic mass is 32.2. The second-order valence-electron chi connectivity index (χ2n) is 5.62. The molecular formula is C16H19N3O3S2. The molecule has 0 bridgehead atoms. The number of thioether (sulfide) groups is 2. The van der Waals surface area contributed by atoms with Crippen molar-refractivity contribution in [1.29, 1.82) is 0 Å². The summed E-state index contributed by atoms with van der Waals surface area (Å²) in [5.41, 5.74) is 0.921. The Morgan fingerprint density at radius 1 is 1.50 bits per heavy atom. The number of aliphatic carboxylic acids is 1. The molecule has 0 spiro atoms. The normalized spacial score (nSPS) is 19.4. The van der Waals surface area contributed by atoms with Crippen LogP contribution in [0, 0.1) is 5.92 Å². The molecule has 1 amide bonds. The number of carboxylic acids is 1. The van der Waals surface area contributed by atoms with Crippen LogP contribution < -0.4 is 5.32 Å². The lowest BCUT2D eigenvalue weighted by Gasteiger charge is -2.04. The zero-order valence-electron chi connectivity index (χ0n) is 13.4. The van der Waals surface area contributed by atoms with Crippen molar-refractivity contribution in [3.8, 4) is 0 Å². The molecule has 1 heterocycles. The van der Waals surface area contributed by atoms with Gasteiger partial charge in [0.05, 0.1) is 12.6 Å². The van der Waals surface area contributed by atoms with Gasteiger partial charge in [0.2, 0.25) is 5.91 Å². The molecule has 1 unspecified atom stereocenters. The van der Waals surface area contributed by atoms with E-state index in [-0.39, 0.29) is 12.3 Å². The smallest absolute Gasteiger partial charge is 0.305 e. The quantitative estimate of drug-likeness (QED) is 0.440. The third-order valence-corrected chi connectivity index (χ3v) is 5.43. The molecule has 24 heavy (non-hydrogen) atoms. The Kier molecular flexibility index (Phi) is 6.86. The predicted octanol–water partition coefficient (Wildman–Crippen LogP) is 2.83. The molecule has 1 atom stereocenters. The van der Waals surface area contributed by atoms with Crippen molar-refractivity contribution < 1.29 is 14.7 Å². The average Bonchev–Trinajstić information content (AvgIpc) is 2.85. The first-order chi connectivity index (χ1) is 11.4. The van der Waals surface area contributed by atoms with E-state index in [0.717, 1.165) is 23.1 Å². The molecule has 1 fully saturated rings. The molecular weight excluding hydrogens is 346 g/mol. The largest absolute Gasteiger partial charge is 0.481 e. The molecule has 0 aromatic heterocycles. The van der Waals surface area contributed by atoms with Crippen molar-refractivity contribution in [2.24, 2.45) is 16.1 Å². The van der Waals surface area contributed by atoms with Crippen LogP contribution in [0.2, 0.25) is 0 Å². The Hall–Kier alpha value is -1.80. The Bertz CT molecular complexity index is 674. The van der Waals surface area contributed by atoms with E-state index in [1.807, 2.05) is 18.2 Å². The summed E-state index contributed by atoms with van der Waals surface area (Å²) in [6.07, 6.45) is 1.39. The van der Waals surface area contributed by atoms with Gasteiger partial charge in [0, 0.05) is 10.6 Å². The molecule has 0 radical (unpaired) electrons. The van der Waals surface area contributed by atoms with Crippen LogP contribution in [0.25, 0.3) is 0 Å². The summed E-state index contributed by atoms with van der Waals surface area (Å²) < 4.78 is 0. The summed E-state index contributed by atoms with van der Waals surface area (Å²) >= 11 is 2.88. The maximum absolute atomic E-state index is 11.6. The second kappa shape index (κ2) is 8.89. The Morgan fingerprint density at radius 2 is 2.29 bits per heavy atom. The number of carbonyl (C=O) groups is 2. The molecule has 1 aromatic carbocycles. The molecule has 6 nitrogen and oxygen atoms in total. The minimum absolute atomic E-state index is 0.228. The van der Waals surface area contributed by atoms with Crippen LogP contribution in [0.3, 0.4) is 0 Å². The van der Waals surface area contributed by atoms with Gasteiger partial charge in [-0.3, -0.25) is 9.59 Å². The average molecular weight is 365 g/mol. The van der Waals surface area contributed by atoms with Gasteiger partial charge >= 0.3 is 5.97 Å². The Morgan fingerprint density at radius 3 is 3.00 bits per heavy atom. The zero-order chi connectivity index (χ0) is 17.5. The molecule has 1 aromatic rings. The Labute approximate surface area is 149 Å². The molecule has 1 saturated heterocycles. The molecule has 2 rings (SSSR count). The van der Waals surface area contributed by atoms with Crippen molar-refractivity contribution in [1.82, 2.24) is 5.32 Å². The standard InChI is InChI=1S/C16H19N3O3S2/c1-10(2)9-23-12-5-3-4-11(6-12)8-17-19-16-18-15(22)13(24-16)7-14(20)21/h3-6,8,10,13H,7,9H2,1-2H3,(H,20,21)(H,18,19,22). The maximum Gasteiger partial charge on any atom is 0.305 e. The fraction of sp³-hybridized carbons (Fsp3) is 0.375. The van der Waals surface area contributed by atoms with Gasteiger partial charge in [-0.2, -0.15) is 5.10 Å². The minimum Gasteiger partial charge on any atom is -0.481 e.